The molecule has 1 saturated heterocycles. The van der Waals surface area contributed by atoms with E-state index >= 15 is 0 Å². The van der Waals surface area contributed by atoms with Gasteiger partial charge in [-0.15, -0.1) is 0 Å². The van der Waals surface area contributed by atoms with Gasteiger partial charge in [0.1, 0.15) is 23.9 Å². The van der Waals surface area contributed by atoms with Crippen molar-refractivity contribution in [1.82, 2.24) is 9.80 Å². The summed E-state index contributed by atoms with van der Waals surface area (Å²) < 4.78 is 13.0. The normalized spacial score (nSPS) is 16.5. The Morgan fingerprint density at radius 1 is 1.10 bits per heavy atom. The van der Waals surface area contributed by atoms with Crippen LogP contribution in [0.15, 0.2) is 90.7 Å². The molecule has 0 radical (unpaired) electrons. The van der Waals surface area contributed by atoms with Crippen LogP contribution in [0.5, 0.6) is 17.2 Å². The van der Waals surface area contributed by atoms with Crippen LogP contribution in [0.4, 0.5) is 17.1 Å². The summed E-state index contributed by atoms with van der Waals surface area (Å²) in [4.78, 5) is 24.2. The lowest BCUT2D eigenvalue weighted by molar-refractivity contribution is -0.127. The topological polar surface area (TPSA) is 81.7 Å². The van der Waals surface area contributed by atoms with E-state index < -0.39 is 0 Å². The summed E-state index contributed by atoms with van der Waals surface area (Å²) in [6.07, 6.45) is 11.1. The maximum absolute atomic E-state index is 12.9. The van der Waals surface area contributed by atoms with Crippen molar-refractivity contribution in [2.24, 2.45) is 4.99 Å². The highest BCUT2D eigenvalue weighted by molar-refractivity contribution is 6.12. The molecule has 2 unspecified atom stereocenters. The first kappa shape index (κ1) is 37.2. The van der Waals surface area contributed by atoms with E-state index in [4.69, 9.17) is 14.5 Å². The van der Waals surface area contributed by atoms with Gasteiger partial charge in [0, 0.05) is 49.8 Å². The van der Waals surface area contributed by atoms with Gasteiger partial charge in [0.15, 0.2) is 5.75 Å². The predicted molar refractivity (Wildman–Crippen MR) is 212 cm³/mol. The number of amides is 1. The summed E-state index contributed by atoms with van der Waals surface area (Å²) in [5.41, 5.74) is 7.16. The number of anilines is 3. The van der Waals surface area contributed by atoms with E-state index in [0.29, 0.717) is 31.4 Å². The first-order chi connectivity index (χ1) is 24.6. The SMILES string of the molecule is C=CNc1ccc(Oc2ccc(NC(=N/C=C/CC)c3c(C)ccc4c3OCC3CN(C(=O)/C=C/CN(C)C)CCN43)cc2C)cc1C(C)CC. The van der Waals surface area contributed by atoms with Crippen molar-refractivity contribution in [2.45, 2.75) is 59.4 Å². The number of hydrogen-bond donors (Lipinski definition) is 2. The van der Waals surface area contributed by atoms with Gasteiger partial charge in [0.25, 0.3) is 0 Å². The molecular weight excluding hydrogens is 637 g/mol. The minimum absolute atomic E-state index is 0.0505. The van der Waals surface area contributed by atoms with E-state index in [0.717, 1.165) is 76.9 Å². The highest BCUT2D eigenvalue weighted by Gasteiger charge is 2.36. The van der Waals surface area contributed by atoms with E-state index in [-0.39, 0.29) is 11.9 Å². The first-order valence-electron chi connectivity index (χ1n) is 18.1. The number of fused-ring (bicyclic) bond motifs is 3. The predicted octanol–water partition coefficient (Wildman–Crippen LogP) is 8.47. The molecule has 51 heavy (non-hydrogen) atoms. The third-order valence-corrected chi connectivity index (χ3v) is 9.47. The Balaban J connectivity index is 1.38. The Kier molecular flexibility index (Phi) is 12.6. The van der Waals surface area contributed by atoms with Crippen LogP contribution in [0.2, 0.25) is 0 Å². The van der Waals surface area contributed by atoms with Gasteiger partial charge in [0.2, 0.25) is 5.91 Å². The number of likely N-dealkylation sites (N-methyl/N-ethyl adjacent to an activating group) is 1. The zero-order valence-corrected chi connectivity index (χ0v) is 31.3. The number of piperazine rings is 1. The number of nitrogens with zero attached hydrogens (tertiary/aromatic N) is 4. The smallest absolute Gasteiger partial charge is 0.246 e. The van der Waals surface area contributed by atoms with Gasteiger partial charge in [-0.25, -0.2) is 4.99 Å². The molecule has 0 saturated carbocycles. The quantitative estimate of drug-likeness (QED) is 0.106. The summed E-state index contributed by atoms with van der Waals surface area (Å²) in [7, 11) is 3.98. The van der Waals surface area contributed by atoms with Gasteiger partial charge in [-0.1, -0.05) is 45.6 Å². The molecule has 3 aromatic rings. The number of carbonyl (C=O) groups excluding carboxylic acids is 1. The van der Waals surface area contributed by atoms with Gasteiger partial charge >= 0.3 is 0 Å². The average molecular weight is 691 g/mol. The summed E-state index contributed by atoms with van der Waals surface area (Å²) in [6, 6.07) is 16.6. The Labute approximate surface area is 304 Å². The van der Waals surface area contributed by atoms with Gasteiger partial charge in [-0.2, -0.15) is 0 Å². The van der Waals surface area contributed by atoms with Crippen LogP contribution in [-0.4, -0.2) is 74.5 Å². The molecule has 270 valence electrons. The molecule has 1 fully saturated rings. The Morgan fingerprint density at radius 3 is 2.65 bits per heavy atom. The molecule has 0 aromatic heterocycles. The molecule has 9 heteroatoms. The molecule has 3 aromatic carbocycles. The molecule has 2 aliphatic heterocycles. The maximum Gasteiger partial charge on any atom is 0.246 e. The first-order valence-corrected chi connectivity index (χ1v) is 18.1. The number of aliphatic imine (C=N–C) groups is 1. The molecule has 5 rings (SSSR count). The summed E-state index contributed by atoms with van der Waals surface area (Å²) in [6.45, 7) is 17.7. The number of benzene rings is 3. The summed E-state index contributed by atoms with van der Waals surface area (Å²) in [5, 5.41) is 6.87. The second-order valence-electron chi connectivity index (χ2n) is 13.6. The average Bonchev–Trinajstić information content (AvgIpc) is 3.12. The van der Waals surface area contributed by atoms with E-state index in [1.165, 1.54) is 5.56 Å². The van der Waals surface area contributed by atoms with E-state index in [2.05, 4.69) is 81.0 Å². The van der Waals surface area contributed by atoms with Gasteiger partial charge in [-0.05, 0) is 112 Å². The largest absolute Gasteiger partial charge is 0.488 e. The zero-order valence-electron chi connectivity index (χ0n) is 31.3. The summed E-state index contributed by atoms with van der Waals surface area (Å²) in [5.74, 6) is 3.54. The van der Waals surface area contributed by atoms with E-state index in [1.54, 1.807) is 12.3 Å². The highest BCUT2D eigenvalue weighted by Crippen LogP contribution is 2.41. The second-order valence-corrected chi connectivity index (χ2v) is 13.6. The van der Waals surface area contributed by atoms with Crippen molar-refractivity contribution in [3.05, 3.63) is 108 Å². The van der Waals surface area contributed by atoms with Crippen LogP contribution in [-0.2, 0) is 4.79 Å². The molecule has 2 aliphatic rings. The molecule has 0 spiro atoms. The number of carbonyl (C=O) groups is 1. The molecule has 0 bridgehead atoms. The van der Waals surface area contributed by atoms with Gasteiger partial charge in [-0.3, -0.25) is 4.79 Å². The van der Waals surface area contributed by atoms with Gasteiger partial charge in [0.05, 0.1) is 17.3 Å². The highest BCUT2D eigenvalue weighted by atomic mass is 16.5. The minimum Gasteiger partial charge on any atom is -0.488 e. The third kappa shape index (κ3) is 9.02. The number of aryl methyl sites for hydroxylation is 2. The van der Waals surface area contributed by atoms with Crippen molar-refractivity contribution in [1.29, 1.82) is 0 Å². The number of hydrogen-bond acceptors (Lipinski definition) is 7. The van der Waals surface area contributed by atoms with Crippen molar-refractivity contribution >= 4 is 28.8 Å². The molecular formula is C42H54N6O3. The maximum atomic E-state index is 12.9. The molecule has 2 heterocycles. The molecule has 9 nitrogen and oxygen atoms in total. The Morgan fingerprint density at radius 2 is 1.92 bits per heavy atom. The number of allylic oxidation sites excluding steroid dienone is 1. The van der Waals surface area contributed by atoms with Crippen LogP contribution >= 0.6 is 0 Å². The van der Waals surface area contributed by atoms with Crippen molar-refractivity contribution < 1.29 is 14.3 Å². The second kappa shape index (κ2) is 17.3. The fourth-order valence-electron chi connectivity index (χ4n) is 6.47. The van der Waals surface area contributed by atoms with Crippen LogP contribution < -0.4 is 25.0 Å². The lowest BCUT2D eigenvalue weighted by Gasteiger charge is -2.46. The molecule has 1 amide bonds. The number of nitrogens with one attached hydrogen (secondary N) is 2. The van der Waals surface area contributed by atoms with Crippen LogP contribution in [0, 0.1) is 13.8 Å². The zero-order chi connectivity index (χ0) is 36.5. The number of amidine groups is 1. The lowest BCUT2D eigenvalue weighted by Crippen LogP contribution is -2.58. The fourth-order valence-corrected chi connectivity index (χ4v) is 6.47. The third-order valence-electron chi connectivity index (χ3n) is 9.47. The fraction of sp³-hybridized carbons (Fsp3) is 0.381. The number of rotatable bonds is 13. The number of ether oxygens (including phenoxy) is 2. The van der Waals surface area contributed by atoms with Crippen LogP contribution in [0.1, 0.15) is 61.8 Å². The minimum atomic E-state index is 0.0505. The molecule has 2 atom stereocenters. The Bertz CT molecular complexity index is 1800. The lowest BCUT2D eigenvalue weighted by atomic mass is 9.96. The van der Waals surface area contributed by atoms with Crippen molar-refractivity contribution in [2.75, 3.05) is 62.4 Å². The van der Waals surface area contributed by atoms with Crippen molar-refractivity contribution in [3.8, 4) is 17.2 Å². The van der Waals surface area contributed by atoms with Gasteiger partial charge < -0.3 is 34.8 Å². The van der Waals surface area contributed by atoms with Crippen molar-refractivity contribution in [3.63, 3.8) is 0 Å². The molecule has 2 N–H and O–H groups in total. The van der Waals surface area contributed by atoms with Crippen LogP contribution in [0.3, 0.4) is 0 Å². The van der Waals surface area contributed by atoms with Crippen LogP contribution in [0.25, 0.3) is 0 Å². The Hall–Kier alpha value is -5.02. The molecule has 0 aliphatic carbocycles. The summed E-state index contributed by atoms with van der Waals surface area (Å²) >= 11 is 0. The monoisotopic (exact) mass is 690 g/mol. The van der Waals surface area contributed by atoms with E-state index in [9.17, 15) is 4.79 Å². The standard InChI is InChI=1S/C42H54N6O3/c1-9-12-21-44-42(45-32-16-20-38(31(6)25-32)51-34-17-18-36(43-11-3)35(26-34)29(4)10-2)40-30(5)15-19-37-41(40)50-28-33-27-47(23-24-48(33)37)39(49)14-13-22-46(7)8/h11-21,25-26,29,33,43H,3,9-10,22-24,27-28H2,1-2,4-8H3,(H,44,45)/b14-13+,21-12+. The van der Waals surface area contributed by atoms with E-state index in [1.807, 2.05) is 66.5 Å².